The molecule has 2 aromatic carbocycles. The lowest BCUT2D eigenvalue weighted by Crippen LogP contribution is -2.33. The van der Waals surface area contributed by atoms with Crippen molar-refractivity contribution in [1.29, 1.82) is 0 Å². The van der Waals surface area contributed by atoms with Gasteiger partial charge in [-0.3, -0.25) is 9.69 Å². The van der Waals surface area contributed by atoms with Crippen molar-refractivity contribution in [3.63, 3.8) is 0 Å². The lowest BCUT2D eigenvalue weighted by molar-refractivity contribution is 0.101. The summed E-state index contributed by atoms with van der Waals surface area (Å²) >= 11 is 0. The van der Waals surface area contributed by atoms with Crippen molar-refractivity contribution < 1.29 is 23.2 Å². The van der Waals surface area contributed by atoms with Crippen molar-refractivity contribution in [3.05, 3.63) is 65.1 Å². The second-order valence-corrected chi connectivity index (χ2v) is 8.54. The van der Waals surface area contributed by atoms with E-state index in [0.717, 1.165) is 49.1 Å². The van der Waals surface area contributed by atoms with Crippen LogP contribution >= 0.6 is 0 Å². The molecule has 0 N–H and O–H groups in total. The van der Waals surface area contributed by atoms with Crippen molar-refractivity contribution in [3.8, 4) is 11.5 Å². The third-order valence-corrected chi connectivity index (χ3v) is 6.16. The first-order valence-corrected chi connectivity index (χ1v) is 11.2. The van der Waals surface area contributed by atoms with Crippen molar-refractivity contribution in [2.24, 2.45) is 0 Å². The van der Waals surface area contributed by atoms with Gasteiger partial charge in [-0.1, -0.05) is 11.2 Å². The molecule has 1 saturated heterocycles. The van der Waals surface area contributed by atoms with Crippen LogP contribution in [0.1, 0.15) is 48.7 Å². The van der Waals surface area contributed by atoms with E-state index in [1.165, 1.54) is 19.1 Å². The lowest BCUT2D eigenvalue weighted by atomic mass is 9.91. The van der Waals surface area contributed by atoms with Crippen molar-refractivity contribution in [1.82, 2.24) is 10.1 Å². The Morgan fingerprint density at radius 1 is 1.18 bits per heavy atom. The molecule has 3 aromatic rings. The topological polar surface area (TPSA) is 64.8 Å². The molecule has 1 aromatic heterocycles. The molecule has 1 aliphatic rings. The summed E-state index contributed by atoms with van der Waals surface area (Å²) in [4.78, 5) is 14.0. The molecule has 4 rings (SSSR count). The van der Waals surface area contributed by atoms with Gasteiger partial charge in [-0.2, -0.15) is 0 Å². The largest absolute Gasteiger partial charge is 0.493 e. The van der Waals surface area contributed by atoms with Gasteiger partial charge in [0, 0.05) is 29.5 Å². The second-order valence-electron chi connectivity index (χ2n) is 8.54. The molecule has 174 valence electrons. The van der Waals surface area contributed by atoms with Crippen LogP contribution in [0.15, 0.2) is 52.6 Å². The molecule has 0 aliphatic carbocycles. The summed E-state index contributed by atoms with van der Waals surface area (Å²) in [5, 5.41) is 5.14. The molecule has 1 aliphatic heterocycles. The average Bonchev–Trinajstić information content (AvgIpc) is 3.24. The molecule has 0 amide bonds. The number of carbonyl (C=O) groups excluding carboxylic acids is 1. The summed E-state index contributed by atoms with van der Waals surface area (Å²) in [6, 6.07) is 9.84. The van der Waals surface area contributed by atoms with Gasteiger partial charge in [-0.15, -0.1) is 0 Å². The Kier molecular flexibility index (Phi) is 7.08. The Balaban J connectivity index is 1.28. The molecule has 0 spiro atoms. The molecule has 0 unspecified atom stereocenters. The predicted molar refractivity (Wildman–Crippen MR) is 125 cm³/mol. The molecule has 1 fully saturated rings. The zero-order valence-corrected chi connectivity index (χ0v) is 19.3. The van der Waals surface area contributed by atoms with Crippen molar-refractivity contribution in [2.75, 3.05) is 33.4 Å². The number of ether oxygens (including phenoxy) is 2. The zero-order chi connectivity index (χ0) is 23.4. The highest BCUT2D eigenvalue weighted by Gasteiger charge is 2.24. The number of likely N-dealkylation sites (tertiary alicyclic amines) is 1. The average molecular weight is 453 g/mol. The number of aromatic nitrogens is 1. The van der Waals surface area contributed by atoms with E-state index in [2.05, 4.69) is 16.1 Å². The number of rotatable bonds is 8. The number of fused-ring (bicyclic) bond motifs is 1. The van der Waals surface area contributed by atoms with Gasteiger partial charge < -0.3 is 14.0 Å². The highest BCUT2D eigenvalue weighted by Crippen LogP contribution is 2.33. The van der Waals surface area contributed by atoms with E-state index < -0.39 is 0 Å². The highest BCUT2D eigenvalue weighted by molar-refractivity contribution is 5.94. The number of ketones is 1. The Morgan fingerprint density at radius 2 is 1.97 bits per heavy atom. The first-order valence-electron chi connectivity index (χ1n) is 11.2. The summed E-state index contributed by atoms with van der Waals surface area (Å²) < 4.78 is 30.0. The van der Waals surface area contributed by atoms with Crippen LogP contribution in [0.3, 0.4) is 0 Å². The minimum absolute atomic E-state index is 0.00895. The molecular formula is C26H29FN2O4. The Hall–Kier alpha value is -3.19. The molecule has 2 heterocycles. The van der Waals surface area contributed by atoms with Crippen LogP contribution in [0.2, 0.25) is 0 Å². The fraction of sp³-hybridized carbons (Fsp3) is 0.385. The summed E-state index contributed by atoms with van der Waals surface area (Å²) in [6.45, 7) is 6.81. The molecule has 0 atom stereocenters. The van der Waals surface area contributed by atoms with Crippen LogP contribution in [-0.4, -0.2) is 49.2 Å². The molecule has 0 radical (unpaired) electrons. The first kappa shape index (κ1) is 23.0. The van der Waals surface area contributed by atoms with Crippen molar-refractivity contribution >= 4 is 16.8 Å². The van der Waals surface area contributed by atoms with Crippen LogP contribution in [0, 0.1) is 5.82 Å². The lowest BCUT2D eigenvalue weighted by Gasteiger charge is -2.30. The number of hydrogen-bond acceptors (Lipinski definition) is 6. The van der Waals surface area contributed by atoms with Crippen LogP contribution in [0.5, 0.6) is 11.5 Å². The maximum Gasteiger partial charge on any atom is 0.170 e. The van der Waals surface area contributed by atoms with E-state index in [-0.39, 0.29) is 11.6 Å². The number of hydrogen-bond donors (Lipinski definition) is 0. The van der Waals surface area contributed by atoms with Gasteiger partial charge in [-0.25, -0.2) is 4.39 Å². The minimum atomic E-state index is -0.308. The van der Waals surface area contributed by atoms with E-state index >= 15 is 0 Å². The molecule has 33 heavy (non-hydrogen) atoms. The third kappa shape index (κ3) is 5.42. The van der Waals surface area contributed by atoms with Gasteiger partial charge in [-0.05, 0) is 75.7 Å². The number of carbonyl (C=O) groups is 1. The summed E-state index contributed by atoms with van der Waals surface area (Å²) in [7, 11) is 1.57. The molecular weight excluding hydrogens is 423 g/mol. The SMILES string of the molecule is COc1cc(C(C)=O)ccc1OC/C(C)=C/CN1CCC(c2noc3cc(F)ccc23)CC1. The van der Waals surface area contributed by atoms with E-state index in [4.69, 9.17) is 14.0 Å². The minimum Gasteiger partial charge on any atom is -0.493 e. The molecule has 0 bridgehead atoms. The van der Waals surface area contributed by atoms with Crippen molar-refractivity contribution in [2.45, 2.75) is 32.6 Å². The number of methoxy groups -OCH3 is 1. The number of Topliss-reactive ketones (excluding diaryl/α,β-unsaturated/α-hetero) is 1. The standard InChI is InChI=1S/C26H29FN2O4/c1-17(16-32-23-7-4-20(18(2)30)14-25(23)31-3)8-11-29-12-9-19(10-13-29)26-22-6-5-21(27)15-24(22)33-28-26/h4-8,14-15,19H,9-13,16H2,1-3H3/b17-8+. The molecule has 7 heteroatoms. The summed E-state index contributed by atoms with van der Waals surface area (Å²) in [5.41, 5.74) is 3.17. The van der Waals surface area contributed by atoms with Gasteiger partial charge in [0.2, 0.25) is 0 Å². The number of benzene rings is 2. The normalized spacial score (nSPS) is 15.7. The van der Waals surface area contributed by atoms with E-state index in [1.807, 2.05) is 6.92 Å². The van der Waals surface area contributed by atoms with E-state index in [0.29, 0.717) is 35.2 Å². The van der Waals surface area contributed by atoms with Gasteiger partial charge in [0.05, 0.1) is 12.8 Å². The maximum absolute atomic E-state index is 13.4. The third-order valence-electron chi connectivity index (χ3n) is 6.16. The van der Waals surface area contributed by atoms with Crippen LogP contribution < -0.4 is 9.47 Å². The van der Waals surface area contributed by atoms with Gasteiger partial charge in [0.25, 0.3) is 0 Å². The number of halogens is 1. The van der Waals surface area contributed by atoms with Crippen LogP contribution in [0.4, 0.5) is 4.39 Å². The van der Waals surface area contributed by atoms with Gasteiger partial charge >= 0.3 is 0 Å². The molecule has 6 nitrogen and oxygen atoms in total. The fourth-order valence-electron chi connectivity index (χ4n) is 4.16. The summed E-state index contributed by atoms with van der Waals surface area (Å²) in [5.74, 6) is 1.19. The van der Waals surface area contributed by atoms with Gasteiger partial charge in [0.15, 0.2) is 22.9 Å². The fourth-order valence-corrected chi connectivity index (χ4v) is 4.16. The maximum atomic E-state index is 13.4. The predicted octanol–water partition coefficient (Wildman–Crippen LogP) is 5.38. The molecule has 0 saturated carbocycles. The highest BCUT2D eigenvalue weighted by atomic mass is 19.1. The van der Waals surface area contributed by atoms with Crippen LogP contribution in [0.25, 0.3) is 11.0 Å². The second kappa shape index (κ2) is 10.2. The zero-order valence-electron chi connectivity index (χ0n) is 19.3. The smallest absolute Gasteiger partial charge is 0.170 e. The van der Waals surface area contributed by atoms with E-state index in [9.17, 15) is 9.18 Å². The Labute approximate surface area is 192 Å². The quantitative estimate of drug-likeness (QED) is 0.338. The van der Waals surface area contributed by atoms with E-state index in [1.54, 1.807) is 31.4 Å². The monoisotopic (exact) mass is 452 g/mol. The first-order chi connectivity index (χ1) is 15.9. The van der Waals surface area contributed by atoms with Crippen LogP contribution in [-0.2, 0) is 0 Å². The Morgan fingerprint density at radius 3 is 2.70 bits per heavy atom. The number of nitrogens with zero attached hydrogens (tertiary/aromatic N) is 2. The van der Waals surface area contributed by atoms with Gasteiger partial charge in [0.1, 0.15) is 12.4 Å². The number of piperidine rings is 1. The Bertz CT molecular complexity index is 1160. The summed E-state index contributed by atoms with van der Waals surface area (Å²) in [6.07, 6.45) is 4.16.